The van der Waals surface area contributed by atoms with E-state index in [2.05, 4.69) is 20.9 Å². The van der Waals surface area contributed by atoms with Crippen molar-refractivity contribution in [1.29, 1.82) is 0 Å². The smallest absolute Gasteiger partial charge is 0.312 e. The molecule has 2 N–H and O–H groups in total. The van der Waals surface area contributed by atoms with E-state index in [1.807, 2.05) is 42.5 Å². The van der Waals surface area contributed by atoms with E-state index >= 15 is 0 Å². The number of hydrogen-bond acceptors (Lipinski definition) is 6. The zero-order chi connectivity index (χ0) is 22.7. The number of fused-ring (bicyclic) bond motifs is 3. The molecule has 2 aromatic carbocycles. The second-order valence-corrected chi connectivity index (χ2v) is 9.35. The summed E-state index contributed by atoms with van der Waals surface area (Å²) in [6, 6.07) is 18.0. The van der Waals surface area contributed by atoms with Gasteiger partial charge in [-0.3, -0.25) is 9.78 Å². The Morgan fingerprint density at radius 1 is 1.19 bits per heavy atom. The molecule has 5 rings (SSSR count). The molecule has 8 heteroatoms. The fraction of sp³-hybridized carbons (Fsp3) is 0.250. The van der Waals surface area contributed by atoms with Crippen LogP contribution < -0.4 is 4.74 Å². The predicted molar refractivity (Wildman–Crippen MR) is 120 cm³/mol. The molecule has 0 spiro atoms. The van der Waals surface area contributed by atoms with Gasteiger partial charge >= 0.3 is 5.97 Å². The third-order valence-corrected chi connectivity index (χ3v) is 7.22. The Labute approximate surface area is 197 Å². The molecule has 0 unspecified atom stereocenters. The first-order chi connectivity index (χ1) is 15.3. The maximum Gasteiger partial charge on any atom is 0.312 e. The van der Waals surface area contributed by atoms with Crippen LogP contribution in [0.1, 0.15) is 22.7 Å². The number of aliphatic hydroxyl groups excluding tert-OH is 1. The van der Waals surface area contributed by atoms with Crippen molar-refractivity contribution in [1.82, 2.24) is 4.98 Å². The monoisotopic (exact) mass is 515 g/mol. The van der Waals surface area contributed by atoms with Crippen molar-refractivity contribution in [3.63, 3.8) is 0 Å². The van der Waals surface area contributed by atoms with Gasteiger partial charge in [-0.15, -0.1) is 0 Å². The molecule has 1 saturated carbocycles. The van der Waals surface area contributed by atoms with Gasteiger partial charge in [-0.2, -0.15) is 0 Å². The molecule has 5 atom stereocenters. The highest BCUT2D eigenvalue weighted by Crippen LogP contribution is 2.68. The Hall–Kier alpha value is -2.45. The zero-order valence-electron chi connectivity index (χ0n) is 16.9. The number of halogens is 2. The number of ether oxygens (including phenoxy) is 2. The maximum absolute atomic E-state index is 13.0. The lowest BCUT2D eigenvalue weighted by atomic mass is 9.71. The minimum absolute atomic E-state index is 0.129. The summed E-state index contributed by atoms with van der Waals surface area (Å²) in [5.41, 5.74) is -2.19. The van der Waals surface area contributed by atoms with Crippen LogP contribution in [0.2, 0.25) is 5.02 Å². The van der Waals surface area contributed by atoms with Gasteiger partial charge in [-0.05, 0) is 23.3 Å². The molecule has 32 heavy (non-hydrogen) atoms. The number of carbonyl (C=O) groups is 1. The predicted octanol–water partition coefficient (Wildman–Crippen LogP) is 3.92. The average molecular weight is 517 g/mol. The van der Waals surface area contributed by atoms with Crippen LogP contribution in [0, 0.1) is 5.92 Å². The van der Waals surface area contributed by atoms with Crippen LogP contribution in [-0.4, -0.2) is 34.4 Å². The first kappa shape index (κ1) is 21.4. The van der Waals surface area contributed by atoms with Crippen LogP contribution in [-0.2, 0) is 20.7 Å². The lowest BCUT2D eigenvalue weighted by Crippen LogP contribution is -2.52. The molecule has 2 heterocycles. The molecule has 1 aliphatic carbocycles. The van der Waals surface area contributed by atoms with E-state index in [9.17, 15) is 15.0 Å². The molecule has 0 saturated heterocycles. The van der Waals surface area contributed by atoms with Gasteiger partial charge in [-0.25, -0.2) is 0 Å². The molecule has 0 bridgehead atoms. The van der Waals surface area contributed by atoms with Crippen molar-refractivity contribution >= 4 is 33.5 Å². The molecular weight excluding hydrogens is 498 g/mol. The Balaban J connectivity index is 1.87. The third kappa shape index (κ3) is 2.72. The van der Waals surface area contributed by atoms with Crippen LogP contribution in [0.25, 0.3) is 0 Å². The molecule has 1 fully saturated rings. The van der Waals surface area contributed by atoms with Crippen LogP contribution in [0.15, 0.2) is 71.3 Å². The molecule has 0 radical (unpaired) electrons. The number of methoxy groups -OCH3 is 1. The van der Waals surface area contributed by atoms with Gasteiger partial charge in [0.05, 0.1) is 18.1 Å². The lowest BCUT2D eigenvalue weighted by molar-refractivity contribution is -0.162. The Morgan fingerprint density at radius 2 is 1.88 bits per heavy atom. The summed E-state index contributed by atoms with van der Waals surface area (Å²) in [6.07, 6.45) is -0.173. The number of hydrogen-bond donors (Lipinski definition) is 2. The van der Waals surface area contributed by atoms with Crippen LogP contribution >= 0.6 is 27.5 Å². The fourth-order valence-electron chi connectivity index (χ4n) is 5.23. The number of pyridine rings is 1. The van der Waals surface area contributed by atoms with E-state index in [4.69, 9.17) is 21.1 Å². The van der Waals surface area contributed by atoms with E-state index in [0.29, 0.717) is 16.1 Å². The highest BCUT2D eigenvalue weighted by molar-refractivity contribution is 9.10. The Bertz CT molecular complexity index is 1190. The van der Waals surface area contributed by atoms with Gasteiger partial charge in [0.15, 0.2) is 11.2 Å². The van der Waals surface area contributed by atoms with Crippen LogP contribution in [0.4, 0.5) is 0 Å². The van der Waals surface area contributed by atoms with Gasteiger partial charge in [0.25, 0.3) is 0 Å². The van der Waals surface area contributed by atoms with Crippen LogP contribution in [0.3, 0.4) is 0 Å². The number of nitrogens with zero attached hydrogens (tertiary/aromatic N) is 1. The van der Waals surface area contributed by atoms with E-state index in [-0.39, 0.29) is 11.4 Å². The van der Waals surface area contributed by atoms with Crippen molar-refractivity contribution in [2.24, 2.45) is 5.92 Å². The number of rotatable bonds is 3. The van der Waals surface area contributed by atoms with Crippen molar-refractivity contribution in [2.45, 2.75) is 23.2 Å². The average Bonchev–Trinajstić information content (AvgIpc) is 3.17. The van der Waals surface area contributed by atoms with Crippen molar-refractivity contribution in [3.8, 4) is 5.75 Å². The molecule has 164 valence electrons. The molecule has 1 aliphatic heterocycles. The van der Waals surface area contributed by atoms with Gasteiger partial charge in [0, 0.05) is 22.7 Å². The minimum Gasteiger partial charge on any atom is -0.476 e. The summed E-state index contributed by atoms with van der Waals surface area (Å²) in [5.74, 6) is -2.29. The van der Waals surface area contributed by atoms with Gasteiger partial charge in [0.1, 0.15) is 17.5 Å². The summed E-state index contributed by atoms with van der Waals surface area (Å²) >= 11 is 9.60. The van der Waals surface area contributed by atoms with E-state index in [0.717, 1.165) is 4.47 Å². The van der Waals surface area contributed by atoms with Gasteiger partial charge in [-0.1, -0.05) is 70.0 Å². The number of carbonyl (C=O) groups excluding carboxylic acids is 1. The number of aliphatic hydroxyl groups is 2. The molecule has 1 aromatic heterocycles. The highest BCUT2D eigenvalue weighted by atomic mass is 79.9. The fourth-order valence-corrected chi connectivity index (χ4v) is 5.64. The second kappa shape index (κ2) is 7.56. The van der Waals surface area contributed by atoms with E-state index in [1.165, 1.54) is 13.3 Å². The summed E-state index contributed by atoms with van der Waals surface area (Å²) < 4.78 is 12.4. The van der Waals surface area contributed by atoms with Gasteiger partial charge < -0.3 is 19.7 Å². The summed E-state index contributed by atoms with van der Waals surface area (Å²) in [4.78, 5) is 17.3. The largest absolute Gasteiger partial charge is 0.476 e. The Morgan fingerprint density at radius 3 is 2.53 bits per heavy atom. The maximum atomic E-state index is 13.0. The quantitative estimate of drug-likeness (QED) is 0.513. The minimum atomic E-state index is -2.04. The topological polar surface area (TPSA) is 88.9 Å². The van der Waals surface area contributed by atoms with Crippen molar-refractivity contribution < 1.29 is 24.5 Å². The standard InChI is InChI=1S/C24H19BrClNO5/c1-31-22(29)18-19(13-5-3-2-4-6-13)24(14-7-9-15(25)10-8-14)23(30,21(18)28)20-17(32-24)11-16(26)12-27-20/h2-12,18-19,21,28,30H,1H3/t18-,19-,21-,23+,24+/m1/s1. The molecule has 3 aromatic rings. The summed E-state index contributed by atoms with van der Waals surface area (Å²) in [6.45, 7) is 0. The number of benzene rings is 2. The van der Waals surface area contributed by atoms with E-state index < -0.39 is 35.1 Å². The zero-order valence-corrected chi connectivity index (χ0v) is 19.2. The first-order valence-electron chi connectivity index (χ1n) is 9.99. The lowest BCUT2D eigenvalue weighted by Gasteiger charge is -2.40. The molecule has 2 aliphatic rings. The molecule has 0 amide bonds. The summed E-state index contributed by atoms with van der Waals surface area (Å²) in [7, 11) is 1.26. The summed E-state index contributed by atoms with van der Waals surface area (Å²) in [5, 5.41) is 24.1. The third-order valence-electron chi connectivity index (χ3n) is 6.49. The van der Waals surface area contributed by atoms with Crippen LogP contribution in [0.5, 0.6) is 5.75 Å². The van der Waals surface area contributed by atoms with Gasteiger partial charge in [0.2, 0.25) is 0 Å². The van der Waals surface area contributed by atoms with Crippen molar-refractivity contribution in [3.05, 3.63) is 93.2 Å². The second-order valence-electron chi connectivity index (χ2n) is 7.99. The number of aromatic nitrogens is 1. The highest BCUT2D eigenvalue weighted by Gasteiger charge is 2.78. The SMILES string of the molecule is COC(=O)[C@H]1[C@@H](O)[C@@]2(O)c3ncc(Cl)cc3O[C@@]2(c2ccc(Br)cc2)[C@@H]1c1ccccc1. The molecule has 6 nitrogen and oxygen atoms in total. The normalized spacial score (nSPS) is 30.3. The first-order valence-corrected chi connectivity index (χ1v) is 11.2. The van der Waals surface area contributed by atoms with Crippen molar-refractivity contribution in [2.75, 3.05) is 7.11 Å². The number of esters is 1. The van der Waals surface area contributed by atoms with E-state index in [1.54, 1.807) is 18.2 Å². The Kier molecular flexibility index (Phi) is 5.05. The molecular formula is C24H19BrClNO5.